The number of nitrogens with one attached hydrogen (secondary N) is 2. The van der Waals surface area contributed by atoms with Gasteiger partial charge in [0.25, 0.3) is 0 Å². The second kappa shape index (κ2) is 13.7. The summed E-state index contributed by atoms with van der Waals surface area (Å²) >= 11 is 6.24. The first-order valence-electron chi connectivity index (χ1n) is 13.7. The molecule has 43 heavy (non-hydrogen) atoms. The molecule has 3 aromatic rings. The first kappa shape index (κ1) is 32.8. The number of nitrogens with zero attached hydrogens (tertiary/aromatic N) is 4. The minimum atomic E-state index is -4.38. The van der Waals surface area contributed by atoms with Crippen LogP contribution in [-0.4, -0.2) is 79.6 Å². The minimum absolute atomic E-state index is 0.0797. The molecule has 2 aromatic heterocycles. The van der Waals surface area contributed by atoms with Crippen molar-refractivity contribution in [1.82, 2.24) is 24.6 Å². The Balaban J connectivity index is 1.60. The van der Waals surface area contributed by atoms with Gasteiger partial charge >= 0.3 is 13.7 Å². The molecule has 1 fully saturated rings. The number of nitrogens with two attached hydrogens (primary N) is 1. The molecular weight excluding hydrogens is 608 g/mol. The minimum Gasteiger partial charge on any atom is -0.462 e. The van der Waals surface area contributed by atoms with Crippen molar-refractivity contribution < 1.29 is 37.4 Å². The van der Waals surface area contributed by atoms with Crippen LogP contribution in [-0.2, 0) is 23.4 Å². The van der Waals surface area contributed by atoms with Crippen LogP contribution in [0.3, 0.4) is 0 Å². The number of aliphatic hydroxyl groups excluding tert-OH is 1. The zero-order chi connectivity index (χ0) is 31.4. The highest BCUT2D eigenvalue weighted by molar-refractivity contribution is 7.52. The molecule has 0 aliphatic carbocycles. The van der Waals surface area contributed by atoms with Crippen LogP contribution in [0.25, 0.3) is 11.2 Å². The summed E-state index contributed by atoms with van der Waals surface area (Å²) < 4.78 is 53.5. The number of halogens is 2. The number of anilines is 2. The number of carbonyl (C=O) groups is 1. The van der Waals surface area contributed by atoms with Gasteiger partial charge in [-0.3, -0.25) is 13.9 Å². The smallest absolute Gasteiger partial charge is 0.459 e. The van der Waals surface area contributed by atoms with E-state index in [-0.39, 0.29) is 17.3 Å². The number of imidazole rings is 1. The lowest BCUT2D eigenvalue weighted by molar-refractivity contribution is -0.149. The summed E-state index contributed by atoms with van der Waals surface area (Å²) in [6, 6.07) is 6.95. The summed E-state index contributed by atoms with van der Waals surface area (Å²) in [7, 11) is -4.38. The fourth-order valence-electron chi connectivity index (χ4n) is 4.31. The largest absolute Gasteiger partial charge is 0.462 e. The number of fused-ring (bicyclic) bond motifs is 1. The molecule has 3 heterocycles. The number of nitrogen functional groups attached to an aromatic ring is 1. The molecule has 0 saturated carbocycles. The summed E-state index contributed by atoms with van der Waals surface area (Å²) in [6.45, 7) is 6.62. The number of para-hydroxylation sites is 1. The zero-order valence-electron chi connectivity index (χ0n) is 24.1. The number of rotatable bonds is 14. The van der Waals surface area contributed by atoms with Gasteiger partial charge in [-0.2, -0.15) is 15.1 Å². The second-order valence-electron chi connectivity index (χ2n) is 10.3. The average molecular weight is 644 g/mol. The van der Waals surface area contributed by atoms with Gasteiger partial charge in [-0.25, -0.2) is 13.9 Å². The van der Waals surface area contributed by atoms with Gasteiger partial charge in [0.1, 0.15) is 23.5 Å². The second-order valence-corrected chi connectivity index (χ2v) is 12.3. The van der Waals surface area contributed by atoms with E-state index in [2.05, 4.69) is 25.4 Å². The van der Waals surface area contributed by atoms with E-state index >= 15 is 4.39 Å². The number of aromatic nitrogens is 4. The molecule has 0 spiro atoms. The molecule has 236 valence electrons. The average Bonchev–Trinajstić information content (AvgIpc) is 3.49. The van der Waals surface area contributed by atoms with Crippen molar-refractivity contribution >= 4 is 48.2 Å². The van der Waals surface area contributed by atoms with Crippen molar-refractivity contribution in [2.45, 2.75) is 70.4 Å². The Morgan fingerprint density at radius 3 is 2.67 bits per heavy atom. The Morgan fingerprint density at radius 1 is 1.30 bits per heavy atom. The van der Waals surface area contributed by atoms with Crippen LogP contribution in [0.4, 0.5) is 16.2 Å². The Hall–Kier alpha value is -3.07. The van der Waals surface area contributed by atoms with E-state index in [1.165, 1.54) is 30.0 Å². The summed E-state index contributed by atoms with van der Waals surface area (Å²) in [5, 5.41) is 16.7. The maximum atomic E-state index is 15.8. The van der Waals surface area contributed by atoms with Gasteiger partial charge in [-0.15, -0.1) is 11.6 Å². The first-order chi connectivity index (χ1) is 20.4. The van der Waals surface area contributed by atoms with Crippen LogP contribution in [0.1, 0.15) is 40.3 Å². The van der Waals surface area contributed by atoms with Crippen molar-refractivity contribution in [3.63, 3.8) is 0 Å². The van der Waals surface area contributed by atoms with E-state index < -0.39 is 62.5 Å². The highest BCUT2D eigenvalue weighted by Crippen LogP contribution is 2.49. The molecule has 1 aliphatic heterocycles. The monoisotopic (exact) mass is 643 g/mol. The van der Waals surface area contributed by atoms with E-state index in [4.69, 9.17) is 35.9 Å². The highest BCUT2D eigenvalue weighted by atomic mass is 35.5. The number of aliphatic hydroxyl groups is 1. The Bertz CT molecular complexity index is 1450. The molecule has 0 amide bonds. The fraction of sp³-hybridized carbons (Fsp3) is 0.538. The topological polar surface area (TPSA) is 185 Å². The molecule has 4 rings (SSSR count). The molecule has 5 N–H and O–H groups in total. The standard InChI is InChI=1S/C26H36ClFN7O7P/c1-5-11-30-21-19-22(33-25(29)32-21)35(14-31-19)23-18(28)20(36)26(12-27,41-23)13-39-43(38,42-17-9-7-6-8-10-17)34-16(4)24(37)40-15(2)3/h6-10,14-16,18,20,23,36H,5,11-13H2,1-4H3,(H,34,38)(H3,29,30,32,33)/t16-,18-,20-,23+,26+,43-/m0/s1. The third kappa shape index (κ3) is 7.36. The molecule has 0 bridgehead atoms. The summed E-state index contributed by atoms with van der Waals surface area (Å²) in [5.41, 5.74) is 4.48. The number of hydrogen-bond acceptors (Lipinski definition) is 12. The SMILES string of the molecule is CCCNc1nc(N)nc2c1ncn2[C@@H]1O[C@](CCl)(CO[P@@](=O)(N[C@@H](C)C(=O)OC(C)C)Oc2ccccc2)[C@@H](O)[C@@H]1F. The molecule has 1 aliphatic rings. The maximum Gasteiger partial charge on any atom is 0.459 e. The van der Waals surface area contributed by atoms with E-state index in [9.17, 15) is 14.5 Å². The van der Waals surface area contributed by atoms with Gasteiger partial charge < -0.3 is 30.2 Å². The third-order valence-corrected chi connectivity index (χ3v) is 8.53. The third-order valence-electron chi connectivity index (χ3n) is 6.45. The van der Waals surface area contributed by atoms with Crippen molar-refractivity contribution in [2.24, 2.45) is 0 Å². The molecule has 17 heteroatoms. The van der Waals surface area contributed by atoms with Gasteiger partial charge in [0.2, 0.25) is 5.95 Å². The number of alkyl halides is 2. The first-order valence-corrected chi connectivity index (χ1v) is 15.8. The van der Waals surface area contributed by atoms with E-state index in [0.717, 1.165) is 6.42 Å². The van der Waals surface area contributed by atoms with Crippen LogP contribution in [0.15, 0.2) is 36.7 Å². The quantitative estimate of drug-likeness (QED) is 0.114. The number of hydrogen-bond donors (Lipinski definition) is 4. The normalized spacial score (nSPS) is 24.1. The van der Waals surface area contributed by atoms with Crippen LogP contribution in [0.5, 0.6) is 5.75 Å². The van der Waals surface area contributed by atoms with Gasteiger partial charge in [0, 0.05) is 6.54 Å². The molecular formula is C26H36ClFN7O7P. The van der Waals surface area contributed by atoms with Crippen molar-refractivity contribution in [3.8, 4) is 5.75 Å². The van der Waals surface area contributed by atoms with Gasteiger partial charge in [0.15, 0.2) is 29.4 Å². The van der Waals surface area contributed by atoms with Crippen LogP contribution >= 0.6 is 19.3 Å². The maximum absolute atomic E-state index is 15.8. The van der Waals surface area contributed by atoms with Crippen LogP contribution in [0.2, 0.25) is 0 Å². The highest BCUT2D eigenvalue weighted by Gasteiger charge is 2.57. The summed E-state index contributed by atoms with van der Waals surface area (Å²) in [4.78, 5) is 25.1. The molecule has 1 saturated heterocycles. The zero-order valence-corrected chi connectivity index (χ0v) is 25.8. The Labute approximate surface area is 253 Å². The Morgan fingerprint density at radius 2 is 2.02 bits per heavy atom. The summed E-state index contributed by atoms with van der Waals surface area (Å²) in [6.07, 6.45) is -3.66. The predicted molar refractivity (Wildman–Crippen MR) is 157 cm³/mol. The van der Waals surface area contributed by atoms with Gasteiger partial charge in [-0.05, 0) is 39.3 Å². The molecule has 0 unspecified atom stereocenters. The molecule has 0 radical (unpaired) electrons. The molecule has 6 atom stereocenters. The van der Waals surface area contributed by atoms with E-state index in [1.54, 1.807) is 32.0 Å². The number of esters is 1. The van der Waals surface area contributed by atoms with Crippen LogP contribution < -0.4 is 20.7 Å². The van der Waals surface area contributed by atoms with Crippen molar-refractivity contribution in [3.05, 3.63) is 36.7 Å². The predicted octanol–water partition coefficient (Wildman–Crippen LogP) is 3.57. The van der Waals surface area contributed by atoms with Gasteiger partial charge in [-0.1, -0.05) is 25.1 Å². The van der Waals surface area contributed by atoms with Crippen LogP contribution in [0, 0.1) is 0 Å². The summed E-state index contributed by atoms with van der Waals surface area (Å²) in [5.74, 6) is -0.728. The van der Waals surface area contributed by atoms with Crippen molar-refractivity contribution in [2.75, 3.05) is 30.1 Å². The lowest BCUT2D eigenvalue weighted by Gasteiger charge is -2.31. The molecule has 14 nitrogen and oxygen atoms in total. The van der Waals surface area contributed by atoms with E-state index in [1.807, 2.05) is 6.92 Å². The van der Waals surface area contributed by atoms with Crippen molar-refractivity contribution in [1.29, 1.82) is 0 Å². The number of carbonyl (C=O) groups excluding carboxylic acids is 1. The molecule has 1 aromatic carbocycles. The number of benzene rings is 1. The fourth-order valence-corrected chi connectivity index (χ4v) is 6.16. The van der Waals surface area contributed by atoms with Gasteiger partial charge in [0.05, 0.1) is 24.9 Å². The van der Waals surface area contributed by atoms with E-state index in [0.29, 0.717) is 17.9 Å². The lowest BCUT2D eigenvalue weighted by Crippen LogP contribution is -2.48. The number of ether oxygens (including phenoxy) is 2. The lowest BCUT2D eigenvalue weighted by atomic mass is 9.99. The Kier molecular flexibility index (Phi) is 10.5.